The second kappa shape index (κ2) is 6.70. The molecule has 2 N–H and O–H groups in total. The van der Waals surface area contributed by atoms with Crippen LogP contribution in [0.1, 0.15) is 66.7 Å². The molecule has 1 fully saturated rings. The third-order valence-electron chi connectivity index (χ3n) is 5.62. The van der Waals surface area contributed by atoms with E-state index in [-0.39, 0.29) is 5.60 Å². The van der Waals surface area contributed by atoms with Gasteiger partial charge in [-0.3, -0.25) is 0 Å². The Labute approximate surface area is 141 Å². The van der Waals surface area contributed by atoms with Gasteiger partial charge in [-0.15, -0.1) is 0 Å². The van der Waals surface area contributed by atoms with E-state index in [9.17, 15) is 10.2 Å². The van der Waals surface area contributed by atoms with E-state index in [0.29, 0.717) is 18.3 Å². The minimum atomic E-state index is -0.823. The molecule has 5 atom stereocenters. The highest BCUT2D eigenvalue weighted by molar-refractivity contribution is 5.11. The SMILES string of the molecule is CC(C)[C@H]1/C=C/[C@](C)(O)C/C=C/[C@@]2(C)CC[C@H](O)[C@@](C)(CC1)O2. The summed E-state index contributed by atoms with van der Waals surface area (Å²) in [7, 11) is 0. The van der Waals surface area contributed by atoms with E-state index < -0.39 is 17.3 Å². The molecule has 3 heteroatoms. The number of aliphatic hydroxyl groups excluding tert-OH is 1. The first-order valence-corrected chi connectivity index (χ1v) is 9.03. The van der Waals surface area contributed by atoms with Crippen molar-refractivity contribution < 1.29 is 14.9 Å². The highest BCUT2D eigenvalue weighted by Gasteiger charge is 2.45. The van der Waals surface area contributed by atoms with Crippen molar-refractivity contribution in [2.75, 3.05) is 0 Å². The van der Waals surface area contributed by atoms with E-state index in [2.05, 4.69) is 32.9 Å². The largest absolute Gasteiger partial charge is 0.390 e. The molecule has 2 heterocycles. The summed E-state index contributed by atoms with van der Waals surface area (Å²) >= 11 is 0. The van der Waals surface area contributed by atoms with Crippen molar-refractivity contribution in [3.63, 3.8) is 0 Å². The molecular weight excluding hydrogens is 288 g/mol. The highest BCUT2D eigenvalue weighted by Crippen LogP contribution is 2.41. The lowest BCUT2D eigenvalue weighted by Crippen LogP contribution is -2.53. The molecule has 3 nitrogen and oxygen atoms in total. The zero-order valence-corrected chi connectivity index (χ0v) is 15.4. The predicted molar refractivity (Wildman–Crippen MR) is 94.2 cm³/mol. The van der Waals surface area contributed by atoms with Crippen molar-refractivity contribution in [2.45, 2.75) is 89.6 Å². The van der Waals surface area contributed by atoms with Gasteiger partial charge in [0.25, 0.3) is 0 Å². The van der Waals surface area contributed by atoms with Gasteiger partial charge in [0.2, 0.25) is 0 Å². The van der Waals surface area contributed by atoms with Gasteiger partial charge in [-0.1, -0.05) is 38.2 Å². The van der Waals surface area contributed by atoms with E-state index in [4.69, 9.17) is 4.74 Å². The number of ether oxygens (including phenoxy) is 1. The minimum Gasteiger partial charge on any atom is -0.390 e. The summed E-state index contributed by atoms with van der Waals surface area (Å²) in [5, 5.41) is 21.0. The molecule has 0 aromatic rings. The molecule has 0 unspecified atom stereocenters. The van der Waals surface area contributed by atoms with Crippen LogP contribution < -0.4 is 0 Å². The van der Waals surface area contributed by atoms with Crippen molar-refractivity contribution in [3.05, 3.63) is 24.3 Å². The fraction of sp³-hybridized carbons (Fsp3) is 0.800. The van der Waals surface area contributed by atoms with Crippen molar-refractivity contribution in [1.29, 1.82) is 0 Å². The molecule has 0 spiro atoms. The number of aliphatic hydroxyl groups is 2. The predicted octanol–water partition coefficient (Wildman–Crippen LogP) is 3.99. The van der Waals surface area contributed by atoms with Crippen LogP contribution in [0.2, 0.25) is 0 Å². The molecule has 0 aromatic heterocycles. The first kappa shape index (κ1) is 18.7. The molecule has 23 heavy (non-hydrogen) atoms. The Hall–Kier alpha value is -0.640. The Morgan fingerprint density at radius 3 is 2.43 bits per heavy atom. The van der Waals surface area contributed by atoms with Crippen LogP contribution in [0.4, 0.5) is 0 Å². The lowest BCUT2D eigenvalue weighted by atomic mass is 9.78. The minimum absolute atomic E-state index is 0.361. The summed E-state index contributed by atoms with van der Waals surface area (Å²) < 4.78 is 6.40. The second-order valence-corrected chi connectivity index (χ2v) is 8.55. The Bertz CT molecular complexity index is 466. The first-order chi connectivity index (χ1) is 10.6. The van der Waals surface area contributed by atoms with Gasteiger partial charge in [0, 0.05) is 0 Å². The van der Waals surface area contributed by atoms with Gasteiger partial charge < -0.3 is 14.9 Å². The van der Waals surface area contributed by atoms with Crippen LogP contribution >= 0.6 is 0 Å². The molecule has 0 radical (unpaired) electrons. The fourth-order valence-corrected chi connectivity index (χ4v) is 3.77. The summed E-state index contributed by atoms with van der Waals surface area (Å²) in [5.41, 5.74) is -1.68. The standard InChI is InChI=1S/C20H34O3/c1-15(2)16-7-12-18(3,22)10-6-11-19(4)13-9-17(21)20(5,23-19)14-8-16/h6-7,11-12,15-17,21-22H,8-10,13-14H2,1-5H3/b11-6+,12-7+/t16-,17-,18+,19-,20+/m0/s1. The van der Waals surface area contributed by atoms with Crippen LogP contribution in [-0.4, -0.2) is 33.1 Å². The Morgan fingerprint density at radius 2 is 1.78 bits per heavy atom. The number of fused-ring (bicyclic) bond motifs is 2. The summed E-state index contributed by atoms with van der Waals surface area (Å²) in [6.45, 7) is 10.4. The van der Waals surface area contributed by atoms with Crippen molar-refractivity contribution in [1.82, 2.24) is 0 Å². The Morgan fingerprint density at radius 1 is 1.09 bits per heavy atom. The lowest BCUT2D eigenvalue weighted by molar-refractivity contribution is -0.209. The molecule has 1 saturated heterocycles. The number of hydrogen-bond donors (Lipinski definition) is 2. The summed E-state index contributed by atoms with van der Waals surface area (Å²) in [4.78, 5) is 0. The van der Waals surface area contributed by atoms with Gasteiger partial charge in [-0.25, -0.2) is 0 Å². The summed E-state index contributed by atoms with van der Waals surface area (Å²) in [6, 6.07) is 0. The van der Waals surface area contributed by atoms with Crippen LogP contribution in [0, 0.1) is 11.8 Å². The third-order valence-corrected chi connectivity index (χ3v) is 5.62. The molecule has 2 rings (SSSR count). The molecule has 2 bridgehead atoms. The van der Waals surface area contributed by atoms with Gasteiger partial charge in [0.15, 0.2) is 0 Å². The Balaban J connectivity index is 2.31. The lowest BCUT2D eigenvalue weighted by Gasteiger charge is -2.47. The van der Waals surface area contributed by atoms with E-state index >= 15 is 0 Å². The molecular formula is C20H34O3. The molecule has 0 aromatic carbocycles. The molecule has 132 valence electrons. The highest BCUT2D eigenvalue weighted by atomic mass is 16.5. The van der Waals surface area contributed by atoms with Crippen molar-refractivity contribution in [3.8, 4) is 0 Å². The smallest absolute Gasteiger partial charge is 0.0924 e. The number of allylic oxidation sites excluding steroid dienone is 1. The molecule has 2 aliphatic rings. The van der Waals surface area contributed by atoms with Gasteiger partial charge in [-0.2, -0.15) is 0 Å². The zero-order chi connectivity index (χ0) is 17.3. The molecule has 0 aliphatic carbocycles. The Kier molecular flexibility index (Phi) is 5.44. The average Bonchev–Trinajstić information content (AvgIpc) is 2.41. The topological polar surface area (TPSA) is 49.7 Å². The second-order valence-electron chi connectivity index (χ2n) is 8.55. The van der Waals surface area contributed by atoms with Crippen LogP contribution in [0.5, 0.6) is 0 Å². The number of hydrogen-bond acceptors (Lipinski definition) is 3. The summed E-state index contributed by atoms with van der Waals surface area (Å²) in [5.74, 6) is 0.877. The van der Waals surface area contributed by atoms with Crippen LogP contribution in [0.25, 0.3) is 0 Å². The monoisotopic (exact) mass is 322 g/mol. The van der Waals surface area contributed by atoms with Crippen LogP contribution in [0.15, 0.2) is 24.3 Å². The fourth-order valence-electron chi connectivity index (χ4n) is 3.77. The van der Waals surface area contributed by atoms with Crippen LogP contribution in [0.3, 0.4) is 0 Å². The number of rotatable bonds is 1. The van der Waals surface area contributed by atoms with Gasteiger partial charge in [0.05, 0.1) is 22.9 Å². The first-order valence-electron chi connectivity index (χ1n) is 9.03. The van der Waals surface area contributed by atoms with Crippen molar-refractivity contribution in [2.24, 2.45) is 11.8 Å². The normalized spacial score (nSPS) is 48.3. The molecule has 0 saturated carbocycles. The van der Waals surface area contributed by atoms with Crippen molar-refractivity contribution >= 4 is 0 Å². The van der Waals surface area contributed by atoms with E-state index in [0.717, 1.165) is 25.7 Å². The maximum atomic E-state index is 10.5. The third kappa shape index (κ3) is 4.68. The summed E-state index contributed by atoms with van der Waals surface area (Å²) in [6.07, 6.45) is 11.7. The molecule has 0 amide bonds. The van der Waals surface area contributed by atoms with E-state index in [1.54, 1.807) is 0 Å². The maximum Gasteiger partial charge on any atom is 0.0924 e. The zero-order valence-electron chi connectivity index (χ0n) is 15.4. The maximum absolute atomic E-state index is 10.5. The molecule has 2 aliphatic heterocycles. The van der Waals surface area contributed by atoms with Gasteiger partial charge in [-0.05, 0) is 64.7 Å². The van der Waals surface area contributed by atoms with Gasteiger partial charge in [0.1, 0.15) is 0 Å². The average molecular weight is 322 g/mol. The quantitative estimate of drug-likeness (QED) is 0.718. The van der Waals surface area contributed by atoms with Gasteiger partial charge >= 0.3 is 0 Å². The van der Waals surface area contributed by atoms with E-state index in [1.165, 1.54) is 0 Å². The van der Waals surface area contributed by atoms with Crippen LogP contribution in [-0.2, 0) is 4.74 Å². The van der Waals surface area contributed by atoms with E-state index in [1.807, 2.05) is 26.0 Å².